The summed E-state index contributed by atoms with van der Waals surface area (Å²) in [6, 6.07) is 0. The van der Waals surface area contributed by atoms with Crippen LogP contribution in [-0.4, -0.2) is 86.2 Å². The van der Waals surface area contributed by atoms with E-state index in [1.165, 1.54) is 0 Å². The largest absolute Gasteiger partial charge is 2.00 e. The molecule has 0 heterocycles. The van der Waals surface area contributed by atoms with E-state index in [0.29, 0.717) is 6.42 Å². The summed E-state index contributed by atoms with van der Waals surface area (Å²) in [6.07, 6.45) is 13.7. The molecular weight excluding hydrogens is 476 g/mol. The molecule has 0 bridgehead atoms. The molecule has 0 aliphatic rings. The van der Waals surface area contributed by atoms with E-state index < -0.39 is 36.4 Å². The molecule has 35 heavy (non-hydrogen) atoms. The first-order valence-corrected chi connectivity index (χ1v) is 13.6. The average molecular weight is 529 g/mol. The molecule has 7 nitrogen and oxygen atoms in total. The van der Waals surface area contributed by atoms with Gasteiger partial charge in [-0.3, -0.25) is 9.59 Å². The quantitative estimate of drug-likeness (QED) is 0.0765. The standard InChI is InChI=1S/C27H50O7.Ca.2H/c1-4-7-10-13-16-19-32-24(28)22-27(31,26(30)34-21-18-15-12-9-6-3)23-25(29)33-20-17-14-11-8-5-2;;;/h31H,4-23H2,1-3H3;;;/q;+2;2*-1. The number of carbonyl (C=O) groups is 3. The van der Waals surface area contributed by atoms with E-state index in [9.17, 15) is 19.5 Å². The van der Waals surface area contributed by atoms with E-state index in [0.717, 1.165) is 89.9 Å². The molecule has 0 fully saturated rings. The molecule has 0 spiro atoms. The maximum Gasteiger partial charge on any atom is 2.00 e. The number of aliphatic hydroxyl groups is 1. The summed E-state index contributed by atoms with van der Waals surface area (Å²) in [5, 5.41) is 10.9. The monoisotopic (exact) mass is 528 g/mol. The minimum Gasteiger partial charge on any atom is -1.00 e. The molecular formula is C27H52CaO7. The summed E-state index contributed by atoms with van der Waals surface area (Å²) in [5.41, 5.74) is -2.28. The molecule has 0 radical (unpaired) electrons. The average Bonchev–Trinajstić information content (AvgIpc) is 2.80. The van der Waals surface area contributed by atoms with Gasteiger partial charge in [-0.25, -0.2) is 4.79 Å². The third-order valence-electron chi connectivity index (χ3n) is 5.76. The summed E-state index contributed by atoms with van der Waals surface area (Å²) < 4.78 is 15.6. The molecule has 0 atom stereocenters. The first kappa shape index (κ1) is 36.8. The second kappa shape index (κ2) is 25.3. The van der Waals surface area contributed by atoms with Crippen LogP contribution in [0.4, 0.5) is 0 Å². The number of unbranched alkanes of at least 4 members (excludes halogenated alkanes) is 12. The van der Waals surface area contributed by atoms with Gasteiger partial charge >= 0.3 is 55.6 Å². The van der Waals surface area contributed by atoms with Crippen LogP contribution < -0.4 is 0 Å². The Bertz CT molecular complexity index is 521. The zero-order chi connectivity index (χ0) is 25.5. The smallest absolute Gasteiger partial charge is 1.00 e. The maximum atomic E-state index is 12.6. The summed E-state index contributed by atoms with van der Waals surface area (Å²) >= 11 is 0. The predicted octanol–water partition coefficient (Wildman–Crippen LogP) is 5.88. The van der Waals surface area contributed by atoms with Gasteiger partial charge in [0.05, 0.1) is 32.7 Å². The molecule has 0 rings (SSSR count). The molecule has 0 aromatic carbocycles. The van der Waals surface area contributed by atoms with Crippen molar-refractivity contribution < 1.29 is 36.6 Å². The minimum atomic E-state index is -2.28. The molecule has 1 N–H and O–H groups in total. The van der Waals surface area contributed by atoms with Crippen LogP contribution in [0.15, 0.2) is 0 Å². The SMILES string of the molecule is CCCCCCCOC(=O)CC(O)(CC(=O)OCCCCCCC)C(=O)OCCCCCCC.[Ca+2].[H-].[H-]. The summed E-state index contributed by atoms with van der Waals surface area (Å²) in [5.74, 6) is -2.40. The number of ether oxygens (including phenoxy) is 3. The van der Waals surface area contributed by atoms with E-state index in [2.05, 4.69) is 20.8 Å². The third kappa shape index (κ3) is 21.4. The Balaban J connectivity index is -0.00000181. The summed E-state index contributed by atoms with van der Waals surface area (Å²) in [7, 11) is 0. The van der Waals surface area contributed by atoms with Gasteiger partial charge in [0.15, 0.2) is 5.60 Å². The van der Waals surface area contributed by atoms with Gasteiger partial charge < -0.3 is 22.2 Å². The van der Waals surface area contributed by atoms with Gasteiger partial charge in [-0.15, -0.1) is 0 Å². The fourth-order valence-electron chi connectivity index (χ4n) is 3.57. The normalized spacial score (nSPS) is 11.0. The second-order valence-electron chi connectivity index (χ2n) is 9.20. The van der Waals surface area contributed by atoms with Gasteiger partial charge in [0.1, 0.15) is 0 Å². The van der Waals surface area contributed by atoms with Crippen molar-refractivity contribution in [2.75, 3.05) is 19.8 Å². The zero-order valence-electron chi connectivity index (χ0n) is 24.7. The molecule has 0 aliphatic carbocycles. The van der Waals surface area contributed by atoms with E-state index >= 15 is 0 Å². The first-order valence-electron chi connectivity index (χ1n) is 13.6. The van der Waals surface area contributed by atoms with Crippen molar-refractivity contribution in [3.8, 4) is 0 Å². The van der Waals surface area contributed by atoms with E-state index in [1.807, 2.05) is 0 Å². The molecule has 8 heteroatoms. The maximum absolute atomic E-state index is 12.6. The Labute approximate surface area is 246 Å². The van der Waals surface area contributed by atoms with Gasteiger partial charge in [-0.1, -0.05) is 97.8 Å². The van der Waals surface area contributed by atoms with Crippen LogP contribution in [0.2, 0.25) is 0 Å². The molecule has 204 valence electrons. The fourth-order valence-corrected chi connectivity index (χ4v) is 3.57. The Morgan fingerprint density at radius 1 is 0.571 bits per heavy atom. The van der Waals surface area contributed by atoms with Crippen molar-refractivity contribution in [2.24, 2.45) is 0 Å². The van der Waals surface area contributed by atoms with Crippen LogP contribution in [0.25, 0.3) is 0 Å². The fraction of sp³-hybridized carbons (Fsp3) is 0.889. The van der Waals surface area contributed by atoms with E-state index in [-0.39, 0.29) is 60.4 Å². The number of esters is 3. The summed E-state index contributed by atoms with van der Waals surface area (Å²) in [6.45, 7) is 6.98. The number of carbonyl (C=O) groups excluding carboxylic acids is 3. The topological polar surface area (TPSA) is 99.1 Å². The van der Waals surface area contributed by atoms with Crippen LogP contribution in [0.1, 0.15) is 133 Å². The second-order valence-corrected chi connectivity index (χ2v) is 9.20. The summed E-state index contributed by atoms with van der Waals surface area (Å²) in [4.78, 5) is 37.2. The van der Waals surface area contributed by atoms with Crippen LogP contribution in [0.3, 0.4) is 0 Å². The zero-order valence-corrected chi connectivity index (χ0v) is 25.0. The van der Waals surface area contributed by atoms with Crippen molar-refractivity contribution in [1.29, 1.82) is 0 Å². The Kier molecular flexibility index (Phi) is 26.6. The van der Waals surface area contributed by atoms with Crippen LogP contribution in [0.5, 0.6) is 0 Å². The van der Waals surface area contributed by atoms with Gasteiger partial charge in [-0.2, -0.15) is 0 Å². The number of hydrogen-bond donors (Lipinski definition) is 1. The van der Waals surface area contributed by atoms with E-state index in [1.54, 1.807) is 0 Å². The van der Waals surface area contributed by atoms with Crippen molar-refractivity contribution in [3.05, 3.63) is 0 Å². The van der Waals surface area contributed by atoms with Crippen LogP contribution in [0, 0.1) is 0 Å². The van der Waals surface area contributed by atoms with Crippen molar-refractivity contribution in [2.45, 2.75) is 136 Å². The Morgan fingerprint density at radius 2 is 0.886 bits per heavy atom. The molecule has 0 amide bonds. The van der Waals surface area contributed by atoms with Gasteiger partial charge in [0, 0.05) is 0 Å². The van der Waals surface area contributed by atoms with E-state index in [4.69, 9.17) is 14.2 Å². The minimum absolute atomic E-state index is 0. The molecule has 0 aromatic heterocycles. The molecule has 0 aromatic rings. The first-order chi connectivity index (χ1) is 16.4. The Morgan fingerprint density at radius 3 is 1.23 bits per heavy atom. The molecule has 0 aliphatic heterocycles. The number of rotatable bonds is 23. The molecule has 0 saturated carbocycles. The van der Waals surface area contributed by atoms with Gasteiger partial charge in [-0.05, 0) is 19.3 Å². The molecule has 0 saturated heterocycles. The molecule has 0 unspecified atom stereocenters. The Hall–Kier alpha value is -0.370. The van der Waals surface area contributed by atoms with Gasteiger partial charge in [0.2, 0.25) is 0 Å². The van der Waals surface area contributed by atoms with Crippen molar-refractivity contribution in [3.63, 3.8) is 0 Å². The van der Waals surface area contributed by atoms with Crippen molar-refractivity contribution >= 4 is 55.6 Å². The van der Waals surface area contributed by atoms with Gasteiger partial charge in [0.25, 0.3) is 0 Å². The van der Waals surface area contributed by atoms with Crippen LogP contribution in [-0.2, 0) is 28.6 Å². The third-order valence-corrected chi connectivity index (χ3v) is 5.76. The van der Waals surface area contributed by atoms with Crippen molar-refractivity contribution in [1.82, 2.24) is 0 Å². The van der Waals surface area contributed by atoms with Crippen LogP contribution >= 0.6 is 0 Å². The predicted molar refractivity (Wildman–Crippen MR) is 141 cm³/mol. The number of hydrogen-bond acceptors (Lipinski definition) is 7.